The highest BCUT2D eigenvalue weighted by atomic mass is 32.1. The van der Waals surface area contributed by atoms with Crippen LogP contribution in [0.15, 0.2) is 16.8 Å². The second-order valence-electron chi connectivity index (χ2n) is 5.33. The van der Waals surface area contributed by atoms with E-state index in [-0.39, 0.29) is 0 Å². The minimum Gasteiger partial charge on any atom is -0.375 e. The summed E-state index contributed by atoms with van der Waals surface area (Å²) < 4.78 is 5.77. The second-order valence-corrected chi connectivity index (χ2v) is 6.11. The third-order valence-corrected chi connectivity index (χ3v) is 4.07. The first kappa shape index (κ1) is 13.1. The quantitative estimate of drug-likeness (QED) is 0.889. The van der Waals surface area contributed by atoms with E-state index in [1.165, 1.54) is 5.56 Å². The molecule has 96 valence electrons. The summed E-state index contributed by atoms with van der Waals surface area (Å²) in [7, 11) is 0. The largest absolute Gasteiger partial charge is 0.375 e. The number of hydrogen-bond donors (Lipinski definition) is 1. The van der Waals surface area contributed by atoms with Crippen molar-refractivity contribution < 1.29 is 4.74 Å². The molecule has 1 N–H and O–H groups in total. The molecule has 17 heavy (non-hydrogen) atoms. The Morgan fingerprint density at radius 3 is 2.71 bits per heavy atom. The number of nitrogens with one attached hydrogen (secondary N) is 1. The van der Waals surface area contributed by atoms with Crippen LogP contribution in [0.5, 0.6) is 0 Å². The summed E-state index contributed by atoms with van der Waals surface area (Å²) in [6.45, 7) is 6.63. The summed E-state index contributed by atoms with van der Waals surface area (Å²) in [5.74, 6) is 0. The number of rotatable bonds is 4. The molecule has 1 aromatic rings. The Kier molecular flexibility index (Phi) is 4.60. The molecule has 2 rings (SSSR count). The van der Waals surface area contributed by atoms with Gasteiger partial charge < -0.3 is 10.1 Å². The van der Waals surface area contributed by atoms with E-state index >= 15 is 0 Å². The molecular weight excluding hydrogens is 230 g/mol. The Bertz CT molecular complexity index is 315. The Labute approximate surface area is 108 Å². The van der Waals surface area contributed by atoms with Crippen molar-refractivity contribution in [3.63, 3.8) is 0 Å². The van der Waals surface area contributed by atoms with Gasteiger partial charge in [-0.2, -0.15) is 11.3 Å². The average molecular weight is 253 g/mol. The Morgan fingerprint density at radius 1 is 1.41 bits per heavy atom. The number of hydrogen-bond acceptors (Lipinski definition) is 3. The molecule has 0 radical (unpaired) electrons. The van der Waals surface area contributed by atoms with Crippen molar-refractivity contribution in [2.45, 2.75) is 64.3 Å². The van der Waals surface area contributed by atoms with Crippen molar-refractivity contribution in [2.24, 2.45) is 0 Å². The van der Waals surface area contributed by atoms with Crippen molar-refractivity contribution in [3.8, 4) is 0 Å². The molecule has 3 heteroatoms. The van der Waals surface area contributed by atoms with Crippen molar-refractivity contribution >= 4 is 11.3 Å². The molecule has 0 bridgehead atoms. The fourth-order valence-electron chi connectivity index (χ4n) is 2.76. The Morgan fingerprint density at radius 2 is 2.12 bits per heavy atom. The maximum Gasteiger partial charge on any atom is 0.0565 e. The van der Waals surface area contributed by atoms with Crippen LogP contribution in [0.4, 0.5) is 0 Å². The first-order chi connectivity index (χ1) is 8.13. The van der Waals surface area contributed by atoms with Gasteiger partial charge in [-0.1, -0.05) is 0 Å². The van der Waals surface area contributed by atoms with Gasteiger partial charge in [0.2, 0.25) is 0 Å². The van der Waals surface area contributed by atoms with Crippen LogP contribution in [0.1, 0.15) is 39.2 Å². The lowest BCUT2D eigenvalue weighted by molar-refractivity contribution is -0.0432. The minimum atomic E-state index is 0.393. The fourth-order valence-corrected chi connectivity index (χ4v) is 3.45. The van der Waals surface area contributed by atoms with Crippen LogP contribution in [-0.4, -0.2) is 24.3 Å². The molecule has 1 fully saturated rings. The van der Waals surface area contributed by atoms with E-state index in [9.17, 15) is 0 Å². The molecule has 3 atom stereocenters. The van der Waals surface area contributed by atoms with Gasteiger partial charge in [0.1, 0.15) is 0 Å². The molecule has 1 aliphatic rings. The summed E-state index contributed by atoms with van der Waals surface area (Å²) in [6, 6.07) is 3.38. The van der Waals surface area contributed by atoms with Gasteiger partial charge in [0.05, 0.1) is 12.2 Å². The minimum absolute atomic E-state index is 0.393. The fraction of sp³-hybridized carbons (Fsp3) is 0.714. The Balaban J connectivity index is 1.79. The van der Waals surface area contributed by atoms with Gasteiger partial charge in [-0.3, -0.25) is 0 Å². The number of thiophene rings is 1. The van der Waals surface area contributed by atoms with Gasteiger partial charge in [-0.05, 0) is 62.4 Å². The normalized spacial score (nSPS) is 31.4. The maximum absolute atomic E-state index is 5.77. The molecule has 1 aromatic heterocycles. The third kappa shape index (κ3) is 4.09. The van der Waals surface area contributed by atoms with E-state index in [0.717, 1.165) is 19.3 Å². The van der Waals surface area contributed by atoms with Crippen molar-refractivity contribution in [3.05, 3.63) is 22.4 Å². The average Bonchev–Trinajstić information content (AvgIpc) is 2.67. The first-order valence-electron chi connectivity index (χ1n) is 6.56. The highest BCUT2D eigenvalue weighted by molar-refractivity contribution is 7.07. The van der Waals surface area contributed by atoms with Crippen molar-refractivity contribution in [2.75, 3.05) is 0 Å². The molecular formula is C14H23NOS. The highest BCUT2D eigenvalue weighted by Crippen LogP contribution is 2.20. The smallest absolute Gasteiger partial charge is 0.0565 e. The monoisotopic (exact) mass is 253 g/mol. The summed E-state index contributed by atoms with van der Waals surface area (Å²) in [5.41, 5.74) is 1.45. The molecule has 0 saturated carbocycles. The molecule has 0 amide bonds. The van der Waals surface area contributed by atoms with Crippen LogP contribution in [0.3, 0.4) is 0 Å². The predicted molar refractivity (Wildman–Crippen MR) is 73.7 cm³/mol. The molecule has 0 aromatic carbocycles. The van der Waals surface area contributed by atoms with E-state index in [0.29, 0.717) is 24.3 Å². The summed E-state index contributed by atoms with van der Waals surface area (Å²) in [4.78, 5) is 0. The lowest BCUT2D eigenvalue weighted by atomic mass is 9.98. The van der Waals surface area contributed by atoms with Gasteiger partial charge in [0.25, 0.3) is 0 Å². The topological polar surface area (TPSA) is 21.3 Å². The molecule has 0 aliphatic carbocycles. The van der Waals surface area contributed by atoms with Gasteiger partial charge in [0, 0.05) is 12.1 Å². The molecule has 2 heterocycles. The van der Waals surface area contributed by atoms with Crippen LogP contribution < -0.4 is 5.32 Å². The van der Waals surface area contributed by atoms with E-state index in [1.54, 1.807) is 11.3 Å². The summed E-state index contributed by atoms with van der Waals surface area (Å²) >= 11 is 1.78. The van der Waals surface area contributed by atoms with Gasteiger partial charge in [0.15, 0.2) is 0 Å². The zero-order chi connectivity index (χ0) is 12.3. The maximum atomic E-state index is 5.77. The lowest BCUT2D eigenvalue weighted by Gasteiger charge is -2.34. The van der Waals surface area contributed by atoms with Gasteiger partial charge in [-0.25, -0.2) is 0 Å². The molecule has 1 aliphatic heterocycles. The lowest BCUT2D eigenvalue weighted by Crippen LogP contribution is -2.45. The predicted octanol–water partition coefficient (Wildman–Crippen LogP) is 3.22. The van der Waals surface area contributed by atoms with E-state index in [2.05, 4.69) is 42.9 Å². The van der Waals surface area contributed by atoms with Crippen LogP contribution in [-0.2, 0) is 11.2 Å². The summed E-state index contributed by atoms with van der Waals surface area (Å²) in [5, 5.41) is 8.14. The van der Waals surface area contributed by atoms with Crippen LogP contribution in [0.25, 0.3) is 0 Å². The number of ether oxygens (including phenoxy) is 1. The van der Waals surface area contributed by atoms with E-state index in [4.69, 9.17) is 4.74 Å². The molecule has 3 unspecified atom stereocenters. The second kappa shape index (κ2) is 5.98. The van der Waals surface area contributed by atoms with Crippen LogP contribution >= 0.6 is 11.3 Å². The van der Waals surface area contributed by atoms with Crippen molar-refractivity contribution in [1.29, 1.82) is 0 Å². The van der Waals surface area contributed by atoms with Gasteiger partial charge >= 0.3 is 0 Å². The summed E-state index contributed by atoms with van der Waals surface area (Å²) in [6.07, 6.45) is 4.19. The Hall–Kier alpha value is -0.380. The van der Waals surface area contributed by atoms with E-state index in [1.807, 2.05) is 0 Å². The third-order valence-electron chi connectivity index (χ3n) is 3.34. The molecule has 2 nitrogen and oxygen atoms in total. The zero-order valence-corrected chi connectivity index (χ0v) is 11.8. The highest BCUT2D eigenvalue weighted by Gasteiger charge is 2.25. The van der Waals surface area contributed by atoms with Gasteiger partial charge in [-0.15, -0.1) is 0 Å². The van der Waals surface area contributed by atoms with E-state index < -0.39 is 0 Å². The SMILES string of the molecule is CC(Cc1ccsc1)NC1CC(C)OC(C)C1. The standard InChI is InChI=1S/C14H23NOS/c1-10(6-13-4-5-17-9-13)15-14-7-11(2)16-12(3)8-14/h4-5,9-12,14-15H,6-8H2,1-3H3. The van der Waals surface area contributed by atoms with Crippen LogP contribution in [0.2, 0.25) is 0 Å². The molecule has 1 saturated heterocycles. The van der Waals surface area contributed by atoms with Crippen molar-refractivity contribution in [1.82, 2.24) is 5.32 Å². The molecule has 0 spiro atoms. The first-order valence-corrected chi connectivity index (χ1v) is 7.50. The van der Waals surface area contributed by atoms with Crippen LogP contribution in [0, 0.1) is 0 Å². The zero-order valence-electron chi connectivity index (χ0n) is 11.0.